The SMILES string of the molecule is CC(C)(C)CCCCCOCCCOCCCOCCCOCC(C)(C)C. The van der Waals surface area contributed by atoms with Gasteiger partial charge in [-0.3, -0.25) is 0 Å². The molecular weight excluding hydrogens is 340 g/mol. The van der Waals surface area contributed by atoms with E-state index >= 15 is 0 Å². The minimum absolute atomic E-state index is 0.245. The molecule has 0 aliphatic rings. The van der Waals surface area contributed by atoms with Gasteiger partial charge in [0.15, 0.2) is 0 Å². The van der Waals surface area contributed by atoms with Gasteiger partial charge < -0.3 is 18.9 Å². The smallest absolute Gasteiger partial charge is 0.0514 e. The molecular formula is C23H48O4. The second kappa shape index (κ2) is 16.8. The van der Waals surface area contributed by atoms with Gasteiger partial charge >= 0.3 is 0 Å². The molecule has 0 aromatic rings. The molecule has 0 aliphatic carbocycles. The van der Waals surface area contributed by atoms with Gasteiger partial charge in [-0.2, -0.15) is 0 Å². The van der Waals surface area contributed by atoms with Gasteiger partial charge in [-0.15, -0.1) is 0 Å². The maximum absolute atomic E-state index is 5.66. The second-order valence-electron chi connectivity index (χ2n) is 9.88. The molecule has 4 heteroatoms. The Balaban J connectivity index is 3.07. The summed E-state index contributed by atoms with van der Waals surface area (Å²) in [5.41, 5.74) is 0.707. The molecule has 0 amide bonds. The summed E-state index contributed by atoms with van der Waals surface area (Å²) in [4.78, 5) is 0. The molecule has 0 radical (unpaired) electrons. The van der Waals surface area contributed by atoms with Gasteiger partial charge in [-0.05, 0) is 42.9 Å². The summed E-state index contributed by atoms with van der Waals surface area (Å²) in [5.74, 6) is 0. The third-order valence-electron chi connectivity index (χ3n) is 3.98. The lowest BCUT2D eigenvalue weighted by atomic mass is 9.89. The highest BCUT2D eigenvalue weighted by molar-refractivity contribution is 4.61. The monoisotopic (exact) mass is 388 g/mol. The quantitative estimate of drug-likeness (QED) is 0.275. The predicted molar refractivity (Wildman–Crippen MR) is 115 cm³/mol. The van der Waals surface area contributed by atoms with Crippen molar-refractivity contribution in [3.05, 3.63) is 0 Å². The molecule has 0 unspecified atom stereocenters. The maximum atomic E-state index is 5.66. The van der Waals surface area contributed by atoms with Crippen LogP contribution in [0.25, 0.3) is 0 Å². The molecule has 0 atom stereocenters. The number of hydrogen-bond donors (Lipinski definition) is 0. The van der Waals surface area contributed by atoms with Crippen molar-refractivity contribution in [3.63, 3.8) is 0 Å². The van der Waals surface area contributed by atoms with Crippen molar-refractivity contribution in [3.8, 4) is 0 Å². The summed E-state index contributed by atoms with van der Waals surface area (Å²) in [5, 5.41) is 0. The molecule has 164 valence electrons. The van der Waals surface area contributed by atoms with Crippen LogP contribution in [0.4, 0.5) is 0 Å². The van der Waals surface area contributed by atoms with E-state index < -0.39 is 0 Å². The van der Waals surface area contributed by atoms with Crippen molar-refractivity contribution >= 4 is 0 Å². The Labute approximate surface area is 169 Å². The molecule has 0 fully saturated rings. The first kappa shape index (κ1) is 26.8. The largest absolute Gasteiger partial charge is 0.381 e. The fourth-order valence-corrected chi connectivity index (χ4v) is 2.51. The molecule has 0 spiro atoms. The summed E-state index contributed by atoms with van der Waals surface area (Å²) in [7, 11) is 0. The first-order chi connectivity index (χ1) is 12.7. The van der Waals surface area contributed by atoms with E-state index in [0.29, 0.717) is 5.41 Å². The van der Waals surface area contributed by atoms with Crippen molar-refractivity contribution in [1.29, 1.82) is 0 Å². The lowest BCUT2D eigenvalue weighted by Gasteiger charge is -2.17. The van der Waals surface area contributed by atoms with E-state index in [1.165, 1.54) is 25.7 Å². The van der Waals surface area contributed by atoms with Crippen LogP contribution in [0.5, 0.6) is 0 Å². The Morgan fingerprint density at radius 3 is 1.22 bits per heavy atom. The van der Waals surface area contributed by atoms with Gasteiger partial charge in [0.1, 0.15) is 0 Å². The highest BCUT2D eigenvalue weighted by Gasteiger charge is 2.09. The number of unbranched alkanes of at least 4 members (excludes halogenated alkanes) is 2. The minimum atomic E-state index is 0.245. The lowest BCUT2D eigenvalue weighted by Crippen LogP contribution is -2.15. The van der Waals surface area contributed by atoms with Crippen LogP contribution in [-0.2, 0) is 18.9 Å². The highest BCUT2D eigenvalue weighted by atomic mass is 16.5. The Bertz CT molecular complexity index is 274. The molecule has 0 aromatic heterocycles. The summed E-state index contributed by atoms with van der Waals surface area (Å²) in [6.45, 7) is 19.9. The van der Waals surface area contributed by atoms with Gasteiger partial charge in [-0.25, -0.2) is 0 Å². The van der Waals surface area contributed by atoms with Crippen LogP contribution in [0.15, 0.2) is 0 Å². The van der Waals surface area contributed by atoms with Crippen molar-refractivity contribution in [2.45, 2.75) is 86.5 Å². The zero-order valence-electron chi connectivity index (χ0n) is 19.2. The van der Waals surface area contributed by atoms with E-state index in [1.54, 1.807) is 0 Å². The molecule has 0 heterocycles. The molecule has 0 rings (SSSR count). The average Bonchev–Trinajstić information content (AvgIpc) is 2.55. The van der Waals surface area contributed by atoms with Crippen molar-refractivity contribution < 1.29 is 18.9 Å². The third kappa shape index (κ3) is 25.8. The van der Waals surface area contributed by atoms with E-state index in [-0.39, 0.29) is 5.41 Å². The number of hydrogen-bond acceptors (Lipinski definition) is 4. The zero-order valence-corrected chi connectivity index (χ0v) is 19.2. The number of rotatable bonds is 18. The minimum Gasteiger partial charge on any atom is -0.381 e. The van der Waals surface area contributed by atoms with Crippen molar-refractivity contribution in [2.75, 3.05) is 52.9 Å². The first-order valence-electron chi connectivity index (χ1n) is 11.0. The summed E-state index contributed by atoms with van der Waals surface area (Å²) < 4.78 is 22.5. The lowest BCUT2D eigenvalue weighted by molar-refractivity contribution is 0.0392. The van der Waals surface area contributed by atoms with Crippen molar-refractivity contribution in [2.24, 2.45) is 10.8 Å². The third-order valence-corrected chi connectivity index (χ3v) is 3.98. The Morgan fingerprint density at radius 1 is 0.407 bits per heavy atom. The first-order valence-corrected chi connectivity index (χ1v) is 11.0. The van der Waals surface area contributed by atoms with Crippen LogP contribution in [0.2, 0.25) is 0 Å². The number of ether oxygens (including phenoxy) is 4. The van der Waals surface area contributed by atoms with E-state index in [4.69, 9.17) is 18.9 Å². The van der Waals surface area contributed by atoms with Gasteiger partial charge in [0.2, 0.25) is 0 Å². The Hall–Kier alpha value is -0.160. The van der Waals surface area contributed by atoms with Crippen LogP contribution in [-0.4, -0.2) is 52.9 Å². The molecule has 0 aromatic carbocycles. The second-order valence-corrected chi connectivity index (χ2v) is 9.88. The standard InChI is InChI=1S/C23H48O4/c1-22(2,3)13-8-7-9-14-24-15-10-16-25-17-11-18-26-19-12-20-27-21-23(4,5)6/h7-21H2,1-6H3. The van der Waals surface area contributed by atoms with Crippen LogP contribution >= 0.6 is 0 Å². The molecule has 0 bridgehead atoms. The normalized spacial score (nSPS) is 12.7. The summed E-state index contributed by atoms with van der Waals surface area (Å²) in [6, 6.07) is 0. The molecule has 0 aliphatic heterocycles. The maximum Gasteiger partial charge on any atom is 0.0514 e. The Kier molecular flexibility index (Phi) is 16.7. The van der Waals surface area contributed by atoms with E-state index in [2.05, 4.69) is 41.5 Å². The van der Waals surface area contributed by atoms with Crippen molar-refractivity contribution in [1.82, 2.24) is 0 Å². The Morgan fingerprint density at radius 2 is 0.815 bits per heavy atom. The van der Waals surface area contributed by atoms with Crippen LogP contribution < -0.4 is 0 Å². The van der Waals surface area contributed by atoms with Gasteiger partial charge in [0, 0.05) is 46.2 Å². The molecule has 0 saturated carbocycles. The van der Waals surface area contributed by atoms with Gasteiger partial charge in [-0.1, -0.05) is 54.4 Å². The topological polar surface area (TPSA) is 36.9 Å². The zero-order chi connectivity index (χ0) is 20.4. The van der Waals surface area contributed by atoms with Gasteiger partial charge in [0.25, 0.3) is 0 Å². The molecule has 0 saturated heterocycles. The van der Waals surface area contributed by atoms with Gasteiger partial charge in [0.05, 0.1) is 6.61 Å². The molecule has 0 N–H and O–H groups in total. The average molecular weight is 389 g/mol. The summed E-state index contributed by atoms with van der Waals surface area (Å²) in [6.07, 6.45) is 7.96. The van der Waals surface area contributed by atoms with Crippen LogP contribution in [0, 0.1) is 10.8 Å². The summed E-state index contributed by atoms with van der Waals surface area (Å²) >= 11 is 0. The fraction of sp³-hybridized carbons (Fsp3) is 1.00. The van der Waals surface area contributed by atoms with Crippen LogP contribution in [0.1, 0.15) is 86.5 Å². The predicted octanol–water partition coefficient (Wildman–Crippen LogP) is 5.88. The molecule has 27 heavy (non-hydrogen) atoms. The van der Waals surface area contributed by atoms with Crippen LogP contribution in [0.3, 0.4) is 0 Å². The molecule has 4 nitrogen and oxygen atoms in total. The van der Waals surface area contributed by atoms with E-state index in [1.807, 2.05) is 0 Å². The fourth-order valence-electron chi connectivity index (χ4n) is 2.51. The van der Waals surface area contributed by atoms with E-state index in [0.717, 1.165) is 72.1 Å². The van der Waals surface area contributed by atoms with E-state index in [9.17, 15) is 0 Å². The highest BCUT2D eigenvalue weighted by Crippen LogP contribution is 2.21.